The van der Waals surface area contributed by atoms with Crippen molar-refractivity contribution < 1.29 is 28.6 Å². The first-order chi connectivity index (χ1) is 19.7. The van der Waals surface area contributed by atoms with Gasteiger partial charge < -0.3 is 31.0 Å². The van der Waals surface area contributed by atoms with Crippen LogP contribution in [0.2, 0.25) is 0 Å². The zero-order valence-electron chi connectivity index (χ0n) is 23.6. The molecule has 218 valence electrons. The van der Waals surface area contributed by atoms with Crippen LogP contribution in [0.4, 0.5) is 11.4 Å². The van der Waals surface area contributed by atoms with Gasteiger partial charge in [-0.05, 0) is 61.1 Å². The first-order valence-corrected chi connectivity index (χ1v) is 14.0. The summed E-state index contributed by atoms with van der Waals surface area (Å²) in [6, 6.07) is 9.25. The second-order valence-corrected chi connectivity index (χ2v) is 10.6. The number of benzene rings is 2. The van der Waals surface area contributed by atoms with E-state index in [4.69, 9.17) is 25.7 Å². The Labute approximate surface area is 242 Å². The average molecular weight is 582 g/mol. The van der Waals surface area contributed by atoms with Crippen LogP contribution >= 0.6 is 11.5 Å². The maximum atomic E-state index is 14.3. The molecule has 0 bridgehead atoms. The van der Waals surface area contributed by atoms with Crippen molar-refractivity contribution in [1.82, 2.24) is 9.69 Å². The van der Waals surface area contributed by atoms with Crippen LogP contribution in [-0.4, -0.2) is 49.5 Å². The number of nitrogen functional groups attached to an aromatic ring is 1. The summed E-state index contributed by atoms with van der Waals surface area (Å²) >= 11 is 0.752. The highest BCUT2D eigenvalue weighted by molar-refractivity contribution is 7.09. The van der Waals surface area contributed by atoms with E-state index >= 15 is 0 Å². The molecule has 0 radical (unpaired) electrons. The molecule has 1 heterocycles. The molecule has 11 nitrogen and oxygen atoms in total. The molecule has 12 heteroatoms. The third-order valence-electron chi connectivity index (χ3n) is 7.15. The van der Waals surface area contributed by atoms with Crippen LogP contribution in [0.15, 0.2) is 36.4 Å². The number of nitrogens with one attached hydrogen (secondary N) is 1. The normalized spacial score (nSPS) is 14.1. The summed E-state index contributed by atoms with van der Waals surface area (Å²) in [5.74, 6) is -0.872. The summed E-state index contributed by atoms with van der Waals surface area (Å²) in [7, 11) is 4.44. The van der Waals surface area contributed by atoms with Gasteiger partial charge in [-0.15, -0.1) is 0 Å². The fourth-order valence-electron chi connectivity index (χ4n) is 5.03. The largest absolute Gasteiger partial charge is 0.493 e. The number of nitrogens with zero attached hydrogens (tertiary/aromatic N) is 2. The highest BCUT2D eigenvalue weighted by atomic mass is 32.1. The third kappa shape index (κ3) is 6.22. The zero-order valence-corrected chi connectivity index (χ0v) is 24.4. The van der Waals surface area contributed by atoms with E-state index in [0.29, 0.717) is 28.5 Å². The number of ether oxygens (including phenoxy) is 3. The number of hydrogen-bond acceptors (Lipinski definition) is 9. The number of nitrogens with two attached hydrogens (primary N) is 2. The van der Waals surface area contributed by atoms with Crippen molar-refractivity contribution in [3.05, 3.63) is 58.1 Å². The lowest BCUT2D eigenvalue weighted by Gasteiger charge is -2.33. The van der Waals surface area contributed by atoms with Gasteiger partial charge in [0.15, 0.2) is 17.2 Å². The van der Waals surface area contributed by atoms with Gasteiger partial charge in [0.25, 0.3) is 11.8 Å². The van der Waals surface area contributed by atoms with Gasteiger partial charge in [0.2, 0.25) is 11.7 Å². The van der Waals surface area contributed by atoms with E-state index in [1.165, 1.54) is 26.2 Å². The van der Waals surface area contributed by atoms with Crippen molar-refractivity contribution in [2.24, 2.45) is 5.73 Å². The lowest BCUT2D eigenvalue weighted by molar-refractivity contribution is -0.123. The highest BCUT2D eigenvalue weighted by Gasteiger charge is 2.38. The van der Waals surface area contributed by atoms with E-state index in [1.54, 1.807) is 24.3 Å². The van der Waals surface area contributed by atoms with Crippen LogP contribution in [0.5, 0.6) is 17.2 Å². The molecular formula is C29H35N5O6S. The van der Waals surface area contributed by atoms with Gasteiger partial charge in [0.1, 0.15) is 10.9 Å². The maximum absolute atomic E-state index is 14.3. The average Bonchev–Trinajstić information content (AvgIpc) is 3.37. The molecule has 1 atom stereocenters. The lowest BCUT2D eigenvalue weighted by Crippen LogP contribution is -2.47. The first kappa shape index (κ1) is 29.7. The molecule has 0 spiro atoms. The highest BCUT2D eigenvalue weighted by Crippen LogP contribution is 2.42. The number of anilines is 2. The molecule has 4 rings (SSSR count). The van der Waals surface area contributed by atoms with Crippen molar-refractivity contribution in [3.63, 3.8) is 0 Å². The van der Waals surface area contributed by atoms with E-state index in [2.05, 4.69) is 9.69 Å². The molecule has 1 aromatic heterocycles. The van der Waals surface area contributed by atoms with Gasteiger partial charge in [-0.1, -0.05) is 37.0 Å². The number of primary amides is 1. The molecule has 1 aliphatic carbocycles. The van der Waals surface area contributed by atoms with Crippen LogP contribution in [0.25, 0.3) is 0 Å². The van der Waals surface area contributed by atoms with Crippen LogP contribution < -0.4 is 35.9 Å². The molecule has 1 saturated carbocycles. The molecule has 3 aromatic rings. The Balaban J connectivity index is 1.93. The quantitative estimate of drug-likeness (QED) is 0.324. The van der Waals surface area contributed by atoms with Gasteiger partial charge in [0.05, 0.1) is 27.0 Å². The smallest absolute Gasteiger partial charge is 0.273 e. The molecule has 1 fully saturated rings. The number of aryl methyl sites for hydroxylation is 1. The van der Waals surface area contributed by atoms with Crippen molar-refractivity contribution in [3.8, 4) is 17.2 Å². The minimum absolute atomic E-state index is 0.0118. The topological polar surface area (TPSA) is 159 Å². The number of carbonyl (C=O) groups is 3. The first-order valence-electron chi connectivity index (χ1n) is 13.3. The molecular weight excluding hydrogens is 546 g/mol. The van der Waals surface area contributed by atoms with Crippen molar-refractivity contribution in [1.29, 1.82) is 0 Å². The standard InChI is InChI=1S/C29H35N5O6S/c1-16-10-12-19(13-11-16)34(29(37)26-22(30)23(27(31)35)33-41-26)24(28(36)32-18-8-6-5-7-9-18)17-14-20(38-2)25(40-4)21(15-17)39-3/h10-15,18,24H,5-9,30H2,1-4H3,(H2,31,35)(H,32,36)/t24-/m0/s1. The zero-order chi connectivity index (χ0) is 29.7. The summed E-state index contributed by atoms with van der Waals surface area (Å²) in [6.07, 6.45) is 4.82. The number of rotatable bonds is 10. The molecule has 0 saturated heterocycles. The minimum atomic E-state index is -1.18. The van der Waals surface area contributed by atoms with Gasteiger partial charge in [0, 0.05) is 11.7 Å². The van der Waals surface area contributed by atoms with E-state index in [1.807, 2.05) is 19.1 Å². The Morgan fingerprint density at radius 1 is 1.00 bits per heavy atom. The Kier molecular flexibility index (Phi) is 9.33. The van der Waals surface area contributed by atoms with E-state index in [-0.39, 0.29) is 22.3 Å². The maximum Gasteiger partial charge on any atom is 0.273 e. The number of hydrogen-bond donors (Lipinski definition) is 3. The molecule has 2 aromatic carbocycles. The molecule has 0 unspecified atom stereocenters. The summed E-state index contributed by atoms with van der Waals surface area (Å²) in [5, 5.41) is 3.16. The number of carbonyl (C=O) groups excluding carboxylic acids is 3. The number of methoxy groups -OCH3 is 3. The Morgan fingerprint density at radius 2 is 1.61 bits per heavy atom. The second-order valence-electron chi connectivity index (χ2n) is 9.85. The lowest BCUT2D eigenvalue weighted by atomic mass is 9.94. The van der Waals surface area contributed by atoms with Crippen molar-refractivity contribution >= 4 is 40.6 Å². The monoisotopic (exact) mass is 581 g/mol. The van der Waals surface area contributed by atoms with E-state index < -0.39 is 23.8 Å². The van der Waals surface area contributed by atoms with E-state index in [9.17, 15) is 14.4 Å². The molecule has 3 amide bonds. The van der Waals surface area contributed by atoms with Gasteiger partial charge in [-0.3, -0.25) is 19.3 Å². The SMILES string of the molecule is COc1cc([C@@H](C(=O)NC2CCCCC2)N(C(=O)c2snc(C(N)=O)c2N)c2ccc(C)cc2)cc(OC)c1OC. The molecule has 1 aliphatic rings. The van der Waals surface area contributed by atoms with Crippen LogP contribution in [0.1, 0.15) is 69.4 Å². The predicted molar refractivity (Wildman–Crippen MR) is 157 cm³/mol. The summed E-state index contributed by atoms with van der Waals surface area (Å²) in [6.45, 7) is 1.92. The number of aromatic nitrogens is 1. The van der Waals surface area contributed by atoms with Crippen molar-refractivity contribution in [2.75, 3.05) is 32.0 Å². The van der Waals surface area contributed by atoms with Crippen LogP contribution in [0.3, 0.4) is 0 Å². The molecule has 0 aliphatic heterocycles. The Morgan fingerprint density at radius 3 is 2.12 bits per heavy atom. The number of amides is 3. The van der Waals surface area contributed by atoms with Gasteiger partial charge >= 0.3 is 0 Å². The molecule has 5 N–H and O–H groups in total. The van der Waals surface area contributed by atoms with Gasteiger partial charge in [-0.25, -0.2) is 0 Å². The van der Waals surface area contributed by atoms with Gasteiger partial charge in [-0.2, -0.15) is 4.37 Å². The minimum Gasteiger partial charge on any atom is -0.493 e. The van der Waals surface area contributed by atoms with Crippen LogP contribution in [0, 0.1) is 6.92 Å². The summed E-state index contributed by atoms with van der Waals surface area (Å²) < 4.78 is 20.7. The predicted octanol–water partition coefficient (Wildman–Crippen LogP) is 4.00. The Bertz CT molecular complexity index is 1390. The molecule has 41 heavy (non-hydrogen) atoms. The summed E-state index contributed by atoms with van der Waals surface area (Å²) in [4.78, 5) is 41.8. The van der Waals surface area contributed by atoms with Crippen LogP contribution in [-0.2, 0) is 4.79 Å². The fourth-order valence-corrected chi connectivity index (χ4v) is 5.77. The van der Waals surface area contributed by atoms with E-state index in [0.717, 1.165) is 49.2 Å². The summed E-state index contributed by atoms with van der Waals surface area (Å²) in [5.41, 5.74) is 13.1. The fraction of sp³-hybridized carbons (Fsp3) is 0.379. The van der Waals surface area contributed by atoms with Crippen molar-refractivity contribution in [2.45, 2.75) is 51.1 Å². The second kappa shape index (κ2) is 12.9. The Hall–Kier alpha value is -4.32. The third-order valence-corrected chi connectivity index (χ3v) is 8.00.